The van der Waals surface area contributed by atoms with Gasteiger partial charge >= 0.3 is 0 Å². The molecule has 51 heavy (non-hydrogen) atoms. The van der Waals surface area contributed by atoms with E-state index in [-0.39, 0.29) is 0 Å². The Morgan fingerprint density at radius 3 is 1.45 bits per heavy atom. The highest BCUT2D eigenvalue weighted by atomic mass is 16.5. The van der Waals surface area contributed by atoms with Crippen LogP contribution in [0.5, 0.6) is 11.5 Å². The van der Waals surface area contributed by atoms with Crippen molar-refractivity contribution in [2.24, 2.45) is 0 Å². The van der Waals surface area contributed by atoms with Crippen LogP contribution in [0, 0.1) is 0 Å². The Labute approximate surface area is 294 Å². The third kappa shape index (κ3) is 4.19. The molecule has 0 bridgehead atoms. The Balaban J connectivity index is 1.09. The Bertz CT molecular complexity index is 3000. The average molecular weight is 651 g/mol. The quantitative estimate of drug-likeness (QED) is 0.186. The number of fused-ring (bicyclic) bond motifs is 11. The number of benzene rings is 8. The Morgan fingerprint density at radius 1 is 0.294 bits per heavy atom. The van der Waals surface area contributed by atoms with Crippen LogP contribution in [0.15, 0.2) is 182 Å². The molecule has 0 saturated carbocycles. The summed E-state index contributed by atoms with van der Waals surface area (Å²) in [5, 5.41) is 4.97. The molecule has 0 N–H and O–H groups in total. The van der Waals surface area contributed by atoms with Gasteiger partial charge in [0.15, 0.2) is 0 Å². The summed E-state index contributed by atoms with van der Waals surface area (Å²) >= 11 is 0. The molecule has 10 aromatic rings. The standard InChI is InChI=1S/C48H30N2O/c1-2-12-33(13-3-1)49-43-19-9-6-16-37(43)40-28-31(22-25-45(40)49)32-23-26-46-41(29-32)38-17-7-10-20-44(38)50(46)34-24-27-48-42(30-34)36-15-5-4-14-35(36)39-18-8-11-21-47(39)51-48/h1-30H. The van der Waals surface area contributed by atoms with Gasteiger partial charge < -0.3 is 13.9 Å². The van der Waals surface area contributed by atoms with Gasteiger partial charge in [-0.05, 0) is 95.1 Å². The maximum atomic E-state index is 6.57. The van der Waals surface area contributed by atoms with Crippen molar-refractivity contribution < 1.29 is 4.74 Å². The summed E-state index contributed by atoms with van der Waals surface area (Å²) in [7, 11) is 0. The SMILES string of the molecule is c1ccc(-n2c3ccccc3c3cc(-c4ccc5c(c4)c4ccccc4n5-c4ccc5c(c4)-c4ccccc4-c4ccccc4O5)ccc32)cc1. The van der Waals surface area contributed by atoms with Crippen LogP contribution >= 0.6 is 0 Å². The molecule has 238 valence electrons. The summed E-state index contributed by atoms with van der Waals surface area (Å²) in [5.74, 6) is 1.74. The Hall–Kier alpha value is -6.84. The largest absolute Gasteiger partial charge is 0.456 e. The molecule has 1 aliphatic rings. The van der Waals surface area contributed by atoms with Crippen molar-refractivity contribution in [1.29, 1.82) is 0 Å². The fourth-order valence-corrected chi connectivity index (χ4v) is 8.24. The lowest BCUT2D eigenvalue weighted by Crippen LogP contribution is -1.96. The molecule has 0 unspecified atom stereocenters. The number of aromatic nitrogens is 2. The molecule has 8 aromatic carbocycles. The molecule has 2 aromatic heterocycles. The van der Waals surface area contributed by atoms with Crippen molar-refractivity contribution in [3.05, 3.63) is 182 Å². The maximum Gasteiger partial charge on any atom is 0.135 e. The molecule has 1 aliphatic heterocycles. The van der Waals surface area contributed by atoms with Gasteiger partial charge in [0.05, 0.1) is 22.1 Å². The molecule has 3 nitrogen and oxygen atoms in total. The van der Waals surface area contributed by atoms with Gasteiger partial charge in [-0.15, -0.1) is 0 Å². The van der Waals surface area contributed by atoms with Crippen molar-refractivity contribution in [1.82, 2.24) is 9.13 Å². The lowest BCUT2D eigenvalue weighted by molar-refractivity contribution is 0.487. The van der Waals surface area contributed by atoms with Crippen molar-refractivity contribution in [3.63, 3.8) is 0 Å². The fourth-order valence-electron chi connectivity index (χ4n) is 8.24. The van der Waals surface area contributed by atoms with Crippen LogP contribution in [-0.2, 0) is 0 Å². The first-order valence-electron chi connectivity index (χ1n) is 17.4. The lowest BCUT2D eigenvalue weighted by atomic mass is 9.94. The van der Waals surface area contributed by atoms with Gasteiger partial charge in [0.1, 0.15) is 11.5 Å². The molecule has 3 heteroatoms. The second-order valence-corrected chi connectivity index (χ2v) is 13.3. The molecule has 0 radical (unpaired) electrons. The molecule has 0 fully saturated rings. The van der Waals surface area contributed by atoms with E-state index in [1.54, 1.807) is 0 Å². The van der Waals surface area contributed by atoms with E-state index in [2.05, 4.69) is 185 Å². The number of para-hydroxylation sites is 4. The van der Waals surface area contributed by atoms with Crippen LogP contribution in [0.3, 0.4) is 0 Å². The summed E-state index contributed by atoms with van der Waals surface area (Å²) in [5.41, 5.74) is 14.0. The molecule has 11 rings (SSSR count). The van der Waals surface area contributed by atoms with Crippen LogP contribution in [-0.4, -0.2) is 9.13 Å². The third-order valence-corrected chi connectivity index (χ3v) is 10.5. The number of hydrogen-bond donors (Lipinski definition) is 0. The number of ether oxygens (including phenoxy) is 1. The van der Waals surface area contributed by atoms with Gasteiger partial charge in [-0.3, -0.25) is 0 Å². The summed E-state index contributed by atoms with van der Waals surface area (Å²) in [6.07, 6.45) is 0. The third-order valence-electron chi connectivity index (χ3n) is 10.5. The van der Waals surface area contributed by atoms with Crippen molar-refractivity contribution in [2.45, 2.75) is 0 Å². The molecule has 3 heterocycles. The van der Waals surface area contributed by atoms with Crippen LogP contribution in [0.2, 0.25) is 0 Å². The first-order chi connectivity index (χ1) is 25.3. The highest BCUT2D eigenvalue weighted by molar-refractivity contribution is 6.12. The zero-order valence-corrected chi connectivity index (χ0v) is 27.6. The highest BCUT2D eigenvalue weighted by Crippen LogP contribution is 2.47. The minimum atomic E-state index is 0.864. The fraction of sp³-hybridized carbons (Fsp3) is 0. The molecule has 0 saturated heterocycles. The van der Waals surface area contributed by atoms with Crippen molar-refractivity contribution in [2.75, 3.05) is 0 Å². The zero-order valence-electron chi connectivity index (χ0n) is 27.6. The number of hydrogen-bond acceptors (Lipinski definition) is 1. The van der Waals surface area contributed by atoms with Gasteiger partial charge in [0.2, 0.25) is 0 Å². The normalized spacial score (nSPS) is 12.1. The van der Waals surface area contributed by atoms with E-state index in [1.165, 1.54) is 71.6 Å². The topological polar surface area (TPSA) is 19.1 Å². The number of nitrogens with zero attached hydrogens (tertiary/aromatic N) is 2. The van der Waals surface area contributed by atoms with E-state index in [4.69, 9.17) is 4.74 Å². The summed E-state index contributed by atoms with van der Waals surface area (Å²) in [6, 6.07) is 65.4. The predicted octanol–water partition coefficient (Wildman–Crippen LogP) is 13.0. The maximum absolute atomic E-state index is 6.57. The van der Waals surface area contributed by atoms with Crippen LogP contribution in [0.4, 0.5) is 0 Å². The van der Waals surface area contributed by atoms with E-state index in [0.717, 1.165) is 28.3 Å². The monoisotopic (exact) mass is 650 g/mol. The van der Waals surface area contributed by atoms with Crippen LogP contribution in [0.25, 0.3) is 88.4 Å². The highest BCUT2D eigenvalue weighted by Gasteiger charge is 2.22. The predicted molar refractivity (Wildman–Crippen MR) is 212 cm³/mol. The van der Waals surface area contributed by atoms with Crippen LogP contribution < -0.4 is 4.74 Å². The Morgan fingerprint density at radius 2 is 0.784 bits per heavy atom. The van der Waals surface area contributed by atoms with E-state index in [0.29, 0.717) is 0 Å². The molecular formula is C48H30N2O. The first-order valence-corrected chi connectivity index (χ1v) is 17.4. The van der Waals surface area contributed by atoms with Gasteiger partial charge in [-0.1, -0.05) is 109 Å². The lowest BCUT2D eigenvalue weighted by Gasteiger charge is -2.14. The smallest absolute Gasteiger partial charge is 0.135 e. The minimum absolute atomic E-state index is 0.864. The summed E-state index contributed by atoms with van der Waals surface area (Å²) in [4.78, 5) is 0. The summed E-state index contributed by atoms with van der Waals surface area (Å²) < 4.78 is 11.3. The second kappa shape index (κ2) is 10.8. The molecule has 0 atom stereocenters. The van der Waals surface area contributed by atoms with Gasteiger partial charge in [-0.25, -0.2) is 0 Å². The zero-order chi connectivity index (χ0) is 33.5. The van der Waals surface area contributed by atoms with Gasteiger partial charge in [0, 0.05) is 44.0 Å². The average Bonchev–Trinajstić information content (AvgIpc) is 3.66. The van der Waals surface area contributed by atoms with E-state index < -0.39 is 0 Å². The van der Waals surface area contributed by atoms with E-state index in [1.807, 2.05) is 6.07 Å². The molecule has 0 amide bonds. The minimum Gasteiger partial charge on any atom is -0.456 e. The molecular weight excluding hydrogens is 621 g/mol. The summed E-state index contributed by atoms with van der Waals surface area (Å²) in [6.45, 7) is 0. The molecule has 0 spiro atoms. The van der Waals surface area contributed by atoms with E-state index in [9.17, 15) is 0 Å². The second-order valence-electron chi connectivity index (χ2n) is 13.3. The van der Waals surface area contributed by atoms with Gasteiger partial charge in [0.25, 0.3) is 0 Å². The van der Waals surface area contributed by atoms with E-state index >= 15 is 0 Å². The first kappa shape index (κ1) is 28.0. The van der Waals surface area contributed by atoms with Crippen LogP contribution in [0.1, 0.15) is 0 Å². The van der Waals surface area contributed by atoms with Crippen molar-refractivity contribution >= 4 is 43.6 Å². The Kier molecular flexibility index (Phi) is 5.96. The van der Waals surface area contributed by atoms with Gasteiger partial charge in [-0.2, -0.15) is 0 Å². The van der Waals surface area contributed by atoms with Crippen molar-refractivity contribution in [3.8, 4) is 56.3 Å². The molecule has 0 aliphatic carbocycles. The number of rotatable bonds is 3.